The van der Waals surface area contributed by atoms with Gasteiger partial charge in [-0.25, -0.2) is 5.10 Å². The van der Waals surface area contributed by atoms with Gasteiger partial charge in [-0.3, -0.25) is 4.79 Å². The van der Waals surface area contributed by atoms with Gasteiger partial charge >= 0.3 is 0 Å². The number of nitrogens with zero attached hydrogens (tertiary/aromatic N) is 2. The SMILES string of the molecule is Cc1ccc(-c2cc(C#N)c(=O)[nH]n2)cc1C. The van der Waals surface area contributed by atoms with E-state index in [-0.39, 0.29) is 5.56 Å². The molecule has 0 radical (unpaired) electrons. The second-order valence-corrected chi connectivity index (χ2v) is 3.91. The molecule has 0 aliphatic carbocycles. The van der Waals surface area contributed by atoms with Crippen LogP contribution in [0.2, 0.25) is 0 Å². The molecule has 0 bridgehead atoms. The van der Waals surface area contributed by atoms with E-state index in [1.165, 1.54) is 11.6 Å². The number of aromatic nitrogens is 2. The molecule has 84 valence electrons. The molecule has 2 rings (SSSR count). The number of aryl methyl sites for hydroxylation is 2. The molecule has 0 saturated carbocycles. The number of nitriles is 1. The van der Waals surface area contributed by atoms with Crippen molar-refractivity contribution in [2.45, 2.75) is 13.8 Å². The molecule has 0 fully saturated rings. The zero-order valence-corrected chi connectivity index (χ0v) is 9.61. The van der Waals surface area contributed by atoms with Gasteiger partial charge < -0.3 is 0 Å². The van der Waals surface area contributed by atoms with Gasteiger partial charge in [0, 0.05) is 5.56 Å². The van der Waals surface area contributed by atoms with Crippen molar-refractivity contribution >= 4 is 0 Å². The maximum Gasteiger partial charge on any atom is 0.282 e. The van der Waals surface area contributed by atoms with Crippen molar-refractivity contribution in [3.05, 3.63) is 51.3 Å². The van der Waals surface area contributed by atoms with E-state index < -0.39 is 5.56 Å². The summed E-state index contributed by atoms with van der Waals surface area (Å²) >= 11 is 0. The van der Waals surface area contributed by atoms with Crippen LogP contribution in [0.5, 0.6) is 0 Å². The fourth-order valence-electron chi connectivity index (χ4n) is 1.54. The Kier molecular flexibility index (Phi) is 2.75. The minimum absolute atomic E-state index is 0.0771. The van der Waals surface area contributed by atoms with Gasteiger partial charge in [0.2, 0.25) is 0 Å². The van der Waals surface area contributed by atoms with Crippen molar-refractivity contribution < 1.29 is 0 Å². The first-order chi connectivity index (χ1) is 8.11. The number of aromatic amines is 1. The van der Waals surface area contributed by atoms with Gasteiger partial charge in [0.15, 0.2) is 0 Å². The molecule has 0 aliphatic heterocycles. The van der Waals surface area contributed by atoms with E-state index in [1.54, 1.807) is 0 Å². The smallest absolute Gasteiger partial charge is 0.267 e. The summed E-state index contributed by atoms with van der Waals surface area (Å²) in [5.41, 5.74) is 3.45. The Morgan fingerprint density at radius 1 is 1.24 bits per heavy atom. The van der Waals surface area contributed by atoms with E-state index >= 15 is 0 Å². The summed E-state index contributed by atoms with van der Waals surface area (Å²) in [6, 6.07) is 9.24. The molecule has 1 aromatic heterocycles. The van der Waals surface area contributed by atoms with Crippen molar-refractivity contribution in [3.63, 3.8) is 0 Å². The third kappa shape index (κ3) is 2.08. The average molecular weight is 225 g/mol. The van der Waals surface area contributed by atoms with E-state index in [2.05, 4.69) is 10.2 Å². The Hall–Kier alpha value is -2.41. The van der Waals surface area contributed by atoms with E-state index in [1.807, 2.05) is 38.1 Å². The van der Waals surface area contributed by atoms with Crippen LogP contribution in [-0.2, 0) is 0 Å². The van der Waals surface area contributed by atoms with Crippen molar-refractivity contribution in [2.24, 2.45) is 0 Å². The van der Waals surface area contributed by atoms with E-state index in [0.717, 1.165) is 11.1 Å². The maximum absolute atomic E-state index is 11.2. The fourth-order valence-corrected chi connectivity index (χ4v) is 1.54. The highest BCUT2D eigenvalue weighted by atomic mass is 16.1. The zero-order valence-electron chi connectivity index (χ0n) is 9.61. The van der Waals surface area contributed by atoms with Crippen LogP contribution in [0.1, 0.15) is 16.7 Å². The number of rotatable bonds is 1. The summed E-state index contributed by atoms with van der Waals surface area (Å²) < 4.78 is 0. The van der Waals surface area contributed by atoms with Gasteiger partial charge in [-0.15, -0.1) is 0 Å². The van der Waals surface area contributed by atoms with Crippen molar-refractivity contribution in [3.8, 4) is 17.3 Å². The van der Waals surface area contributed by atoms with Crippen LogP contribution in [0, 0.1) is 25.2 Å². The lowest BCUT2D eigenvalue weighted by Crippen LogP contribution is -2.12. The molecule has 0 spiro atoms. The number of H-pyrrole nitrogens is 1. The van der Waals surface area contributed by atoms with Crippen LogP contribution >= 0.6 is 0 Å². The van der Waals surface area contributed by atoms with Crippen LogP contribution < -0.4 is 5.56 Å². The van der Waals surface area contributed by atoms with E-state index in [4.69, 9.17) is 5.26 Å². The summed E-state index contributed by atoms with van der Waals surface area (Å²) in [6.45, 7) is 4.04. The molecule has 4 nitrogen and oxygen atoms in total. The average Bonchev–Trinajstić information content (AvgIpc) is 2.33. The standard InChI is InChI=1S/C13H11N3O/c1-8-3-4-10(5-9(8)2)12-6-11(7-14)13(17)16-15-12/h3-6H,1-2H3,(H,16,17). The molecule has 1 aromatic carbocycles. The van der Waals surface area contributed by atoms with Gasteiger partial charge in [0.05, 0.1) is 5.69 Å². The Labute approximate surface area is 98.5 Å². The molecule has 1 N–H and O–H groups in total. The van der Waals surface area contributed by atoms with Crippen LogP contribution in [0.3, 0.4) is 0 Å². The predicted octanol–water partition coefficient (Wildman–Crippen LogP) is 1.93. The number of nitrogens with one attached hydrogen (secondary N) is 1. The lowest BCUT2D eigenvalue weighted by Gasteiger charge is -2.04. The second-order valence-electron chi connectivity index (χ2n) is 3.91. The summed E-state index contributed by atoms with van der Waals surface area (Å²) in [7, 11) is 0. The van der Waals surface area contributed by atoms with Crippen LogP contribution in [0.4, 0.5) is 0 Å². The Bertz CT molecular complexity index is 665. The highest BCUT2D eigenvalue weighted by Gasteiger charge is 2.05. The van der Waals surface area contributed by atoms with Crippen molar-refractivity contribution in [1.29, 1.82) is 5.26 Å². The number of benzene rings is 1. The fraction of sp³-hybridized carbons (Fsp3) is 0.154. The molecule has 0 saturated heterocycles. The van der Waals surface area contributed by atoms with Gasteiger partial charge in [-0.2, -0.15) is 10.4 Å². The van der Waals surface area contributed by atoms with Gasteiger partial charge in [0.1, 0.15) is 11.6 Å². The summed E-state index contributed by atoms with van der Waals surface area (Å²) in [6.07, 6.45) is 0. The highest BCUT2D eigenvalue weighted by Crippen LogP contribution is 2.19. The zero-order chi connectivity index (χ0) is 12.4. The van der Waals surface area contributed by atoms with Crippen LogP contribution in [0.15, 0.2) is 29.1 Å². The van der Waals surface area contributed by atoms with Gasteiger partial charge in [-0.05, 0) is 37.1 Å². The Morgan fingerprint density at radius 3 is 2.65 bits per heavy atom. The first-order valence-electron chi connectivity index (χ1n) is 5.19. The number of hydrogen-bond acceptors (Lipinski definition) is 3. The molecule has 1 heterocycles. The predicted molar refractivity (Wildman–Crippen MR) is 64.5 cm³/mol. The third-order valence-corrected chi connectivity index (χ3v) is 2.73. The molecule has 0 aliphatic rings. The van der Waals surface area contributed by atoms with Gasteiger partial charge in [0.25, 0.3) is 5.56 Å². The number of hydrogen-bond donors (Lipinski definition) is 1. The van der Waals surface area contributed by atoms with Gasteiger partial charge in [-0.1, -0.05) is 12.1 Å². The molecule has 0 amide bonds. The molecule has 17 heavy (non-hydrogen) atoms. The third-order valence-electron chi connectivity index (χ3n) is 2.73. The largest absolute Gasteiger partial charge is 0.282 e. The van der Waals surface area contributed by atoms with Crippen LogP contribution in [-0.4, -0.2) is 10.2 Å². The lowest BCUT2D eigenvalue weighted by molar-refractivity contribution is 0.987. The second kappa shape index (κ2) is 4.22. The minimum atomic E-state index is -0.458. The Balaban J connectivity index is 2.58. The first-order valence-corrected chi connectivity index (χ1v) is 5.19. The Morgan fingerprint density at radius 2 is 2.00 bits per heavy atom. The monoisotopic (exact) mass is 225 g/mol. The van der Waals surface area contributed by atoms with Crippen LogP contribution in [0.25, 0.3) is 11.3 Å². The molecule has 2 aromatic rings. The summed E-state index contributed by atoms with van der Waals surface area (Å²) in [4.78, 5) is 11.2. The topological polar surface area (TPSA) is 69.5 Å². The quantitative estimate of drug-likeness (QED) is 0.806. The van der Waals surface area contributed by atoms with Crippen molar-refractivity contribution in [2.75, 3.05) is 0 Å². The molecule has 4 heteroatoms. The molecule has 0 unspecified atom stereocenters. The molecule has 0 atom stereocenters. The molecular formula is C13H11N3O. The normalized spacial score (nSPS) is 9.94. The lowest BCUT2D eigenvalue weighted by atomic mass is 10.0. The minimum Gasteiger partial charge on any atom is -0.267 e. The highest BCUT2D eigenvalue weighted by molar-refractivity contribution is 5.61. The first kappa shape index (κ1) is 11.1. The van der Waals surface area contributed by atoms with E-state index in [9.17, 15) is 4.79 Å². The maximum atomic E-state index is 11.2. The van der Waals surface area contributed by atoms with E-state index in [0.29, 0.717) is 5.69 Å². The summed E-state index contributed by atoms with van der Waals surface area (Å²) in [5.74, 6) is 0. The van der Waals surface area contributed by atoms with Crippen molar-refractivity contribution in [1.82, 2.24) is 10.2 Å². The molecular weight excluding hydrogens is 214 g/mol. The summed E-state index contributed by atoms with van der Waals surface area (Å²) in [5, 5.41) is 15.1.